The number of allylic oxidation sites excluding steroid dienone is 1. The van der Waals surface area contributed by atoms with Gasteiger partial charge >= 0.3 is 0 Å². The van der Waals surface area contributed by atoms with Crippen LogP contribution in [0.5, 0.6) is 0 Å². The molecule has 0 aliphatic heterocycles. The highest BCUT2D eigenvalue weighted by Gasteiger charge is 2.15. The molecule has 2 heteroatoms. The van der Waals surface area contributed by atoms with E-state index in [0.29, 0.717) is 0 Å². The first kappa shape index (κ1) is 11.7. The van der Waals surface area contributed by atoms with Crippen molar-refractivity contribution in [2.24, 2.45) is 0 Å². The van der Waals surface area contributed by atoms with E-state index in [1.54, 1.807) is 0 Å². The van der Waals surface area contributed by atoms with Gasteiger partial charge in [-0.15, -0.1) is 0 Å². The lowest BCUT2D eigenvalue weighted by atomic mass is 9.97. The van der Waals surface area contributed by atoms with Crippen LogP contribution in [0.2, 0.25) is 0 Å². The second-order valence-electron chi connectivity index (χ2n) is 3.60. The molecule has 0 saturated carbocycles. The molecule has 0 aliphatic carbocycles. The van der Waals surface area contributed by atoms with E-state index in [0.717, 1.165) is 24.8 Å². The van der Waals surface area contributed by atoms with Crippen LogP contribution in [0.4, 0.5) is 0 Å². The number of hydrogen-bond donors (Lipinski definition) is 2. The van der Waals surface area contributed by atoms with E-state index in [1.807, 2.05) is 26.8 Å². The van der Waals surface area contributed by atoms with Crippen LogP contribution < -0.4 is 0 Å². The molecule has 0 saturated heterocycles. The van der Waals surface area contributed by atoms with Crippen molar-refractivity contribution in [2.75, 3.05) is 6.61 Å². The van der Waals surface area contributed by atoms with Gasteiger partial charge in [-0.2, -0.15) is 0 Å². The topological polar surface area (TPSA) is 40.5 Å². The third-order valence-electron chi connectivity index (χ3n) is 2.19. The molecule has 0 aliphatic rings. The summed E-state index contributed by atoms with van der Waals surface area (Å²) in [7, 11) is 0. The van der Waals surface area contributed by atoms with Crippen molar-refractivity contribution in [1.29, 1.82) is 0 Å². The van der Waals surface area contributed by atoms with Gasteiger partial charge in [0.15, 0.2) is 0 Å². The number of rotatable bonds is 5. The van der Waals surface area contributed by atoms with E-state index in [2.05, 4.69) is 0 Å². The van der Waals surface area contributed by atoms with Gasteiger partial charge in [0.05, 0.1) is 12.2 Å². The minimum Gasteiger partial charge on any atom is -0.392 e. The average molecular weight is 172 g/mol. The SMILES string of the molecule is CCC(C)(O)CC/C=C(\C)CO. The van der Waals surface area contributed by atoms with Gasteiger partial charge in [0.1, 0.15) is 0 Å². The van der Waals surface area contributed by atoms with Crippen molar-refractivity contribution < 1.29 is 10.2 Å². The summed E-state index contributed by atoms with van der Waals surface area (Å²) >= 11 is 0. The molecule has 1 atom stereocenters. The quantitative estimate of drug-likeness (QED) is 0.621. The Morgan fingerprint density at radius 3 is 2.50 bits per heavy atom. The molecule has 0 aromatic rings. The predicted molar refractivity (Wildman–Crippen MR) is 51.0 cm³/mol. The molecule has 0 fully saturated rings. The number of aliphatic hydroxyl groups is 2. The van der Waals surface area contributed by atoms with Gasteiger partial charge in [0.2, 0.25) is 0 Å². The van der Waals surface area contributed by atoms with Crippen LogP contribution >= 0.6 is 0 Å². The van der Waals surface area contributed by atoms with Gasteiger partial charge in [-0.3, -0.25) is 0 Å². The summed E-state index contributed by atoms with van der Waals surface area (Å²) in [4.78, 5) is 0. The minimum atomic E-state index is -0.549. The first-order valence-electron chi connectivity index (χ1n) is 4.50. The Morgan fingerprint density at radius 2 is 2.08 bits per heavy atom. The fourth-order valence-electron chi connectivity index (χ4n) is 0.871. The summed E-state index contributed by atoms with van der Waals surface area (Å²) in [6.07, 6.45) is 4.36. The summed E-state index contributed by atoms with van der Waals surface area (Å²) in [5, 5.41) is 18.3. The molecule has 12 heavy (non-hydrogen) atoms. The van der Waals surface area contributed by atoms with Gasteiger partial charge in [-0.1, -0.05) is 18.6 Å². The first-order valence-corrected chi connectivity index (χ1v) is 4.50. The van der Waals surface area contributed by atoms with Gasteiger partial charge in [-0.25, -0.2) is 0 Å². The standard InChI is InChI=1S/C10H20O2/c1-4-10(3,12)7-5-6-9(2)8-11/h6,11-12H,4-5,7-8H2,1-3H3/b9-6+. The summed E-state index contributed by atoms with van der Waals surface area (Å²) in [5.41, 5.74) is 0.425. The Bertz CT molecular complexity index is 148. The Hall–Kier alpha value is -0.340. The Labute approximate surface area is 74.9 Å². The van der Waals surface area contributed by atoms with Crippen molar-refractivity contribution in [3.05, 3.63) is 11.6 Å². The van der Waals surface area contributed by atoms with Gasteiger partial charge in [0.25, 0.3) is 0 Å². The zero-order chi connectivity index (χ0) is 9.61. The fraction of sp³-hybridized carbons (Fsp3) is 0.800. The van der Waals surface area contributed by atoms with Crippen molar-refractivity contribution in [3.8, 4) is 0 Å². The van der Waals surface area contributed by atoms with Crippen LogP contribution in [-0.2, 0) is 0 Å². The molecule has 1 unspecified atom stereocenters. The third-order valence-corrected chi connectivity index (χ3v) is 2.19. The summed E-state index contributed by atoms with van der Waals surface area (Å²) in [6, 6.07) is 0. The van der Waals surface area contributed by atoms with E-state index < -0.39 is 5.60 Å². The second-order valence-corrected chi connectivity index (χ2v) is 3.60. The molecule has 0 aromatic carbocycles. The number of aliphatic hydroxyl groups excluding tert-OH is 1. The Kier molecular flexibility index (Phi) is 5.18. The predicted octanol–water partition coefficient (Wildman–Crippen LogP) is 1.87. The van der Waals surface area contributed by atoms with Gasteiger partial charge in [0, 0.05) is 0 Å². The molecule has 0 rings (SSSR count). The third kappa shape index (κ3) is 5.33. The molecular weight excluding hydrogens is 152 g/mol. The van der Waals surface area contributed by atoms with E-state index >= 15 is 0 Å². The van der Waals surface area contributed by atoms with Crippen LogP contribution in [-0.4, -0.2) is 22.4 Å². The normalized spacial score (nSPS) is 17.6. The molecule has 0 heterocycles. The Morgan fingerprint density at radius 1 is 1.50 bits per heavy atom. The monoisotopic (exact) mass is 172 g/mol. The zero-order valence-electron chi connectivity index (χ0n) is 8.30. The Balaban J connectivity index is 3.69. The lowest BCUT2D eigenvalue weighted by molar-refractivity contribution is 0.0479. The van der Waals surface area contributed by atoms with Crippen LogP contribution in [0, 0.1) is 0 Å². The second kappa shape index (κ2) is 5.33. The smallest absolute Gasteiger partial charge is 0.0639 e. The highest BCUT2D eigenvalue weighted by molar-refractivity contribution is 4.98. The largest absolute Gasteiger partial charge is 0.392 e. The summed E-state index contributed by atoms with van der Waals surface area (Å²) < 4.78 is 0. The van der Waals surface area contributed by atoms with E-state index in [9.17, 15) is 5.11 Å². The fourth-order valence-corrected chi connectivity index (χ4v) is 0.871. The molecular formula is C10H20O2. The number of hydrogen-bond acceptors (Lipinski definition) is 2. The lowest BCUT2D eigenvalue weighted by Crippen LogP contribution is -2.21. The van der Waals surface area contributed by atoms with Crippen LogP contribution in [0.15, 0.2) is 11.6 Å². The van der Waals surface area contributed by atoms with E-state index in [4.69, 9.17) is 5.11 Å². The zero-order valence-corrected chi connectivity index (χ0v) is 8.30. The van der Waals surface area contributed by atoms with Crippen molar-refractivity contribution >= 4 is 0 Å². The van der Waals surface area contributed by atoms with Gasteiger partial charge in [-0.05, 0) is 33.1 Å². The highest BCUT2D eigenvalue weighted by atomic mass is 16.3. The van der Waals surface area contributed by atoms with E-state index in [-0.39, 0.29) is 6.61 Å². The van der Waals surface area contributed by atoms with Gasteiger partial charge < -0.3 is 10.2 Å². The molecule has 0 amide bonds. The molecule has 0 bridgehead atoms. The maximum Gasteiger partial charge on any atom is 0.0639 e. The van der Waals surface area contributed by atoms with Crippen molar-refractivity contribution in [1.82, 2.24) is 0 Å². The van der Waals surface area contributed by atoms with Crippen LogP contribution in [0.3, 0.4) is 0 Å². The molecule has 2 N–H and O–H groups in total. The minimum absolute atomic E-state index is 0.119. The summed E-state index contributed by atoms with van der Waals surface area (Å²) in [5.74, 6) is 0. The first-order chi connectivity index (χ1) is 5.52. The molecule has 0 aromatic heterocycles. The van der Waals surface area contributed by atoms with Crippen molar-refractivity contribution in [2.45, 2.75) is 45.6 Å². The van der Waals surface area contributed by atoms with Crippen molar-refractivity contribution in [3.63, 3.8) is 0 Å². The molecule has 0 radical (unpaired) electrons. The van der Waals surface area contributed by atoms with E-state index in [1.165, 1.54) is 0 Å². The average Bonchev–Trinajstić information content (AvgIpc) is 2.04. The lowest BCUT2D eigenvalue weighted by Gasteiger charge is -2.19. The maximum atomic E-state index is 9.62. The summed E-state index contributed by atoms with van der Waals surface area (Å²) in [6.45, 7) is 5.83. The van der Waals surface area contributed by atoms with Crippen LogP contribution in [0.1, 0.15) is 40.0 Å². The maximum absolute atomic E-state index is 9.62. The highest BCUT2D eigenvalue weighted by Crippen LogP contribution is 2.16. The molecule has 72 valence electrons. The molecule has 2 nitrogen and oxygen atoms in total. The van der Waals surface area contributed by atoms with Crippen LogP contribution in [0.25, 0.3) is 0 Å². The molecule has 0 spiro atoms.